The second kappa shape index (κ2) is 5.80. The summed E-state index contributed by atoms with van der Waals surface area (Å²) in [7, 11) is -3.35. The Morgan fingerprint density at radius 2 is 2.12 bits per heavy atom. The number of rotatable bonds is 5. The van der Waals surface area contributed by atoms with Crippen molar-refractivity contribution < 1.29 is 12.8 Å². The van der Waals surface area contributed by atoms with Crippen LogP contribution in [0, 0.1) is 5.82 Å². The zero-order valence-electron chi connectivity index (χ0n) is 9.49. The van der Waals surface area contributed by atoms with Crippen molar-refractivity contribution in [2.24, 2.45) is 5.73 Å². The van der Waals surface area contributed by atoms with Crippen molar-refractivity contribution in [1.82, 2.24) is 0 Å². The van der Waals surface area contributed by atoms with Crippen LogP contribution in [0.15, 0.2) is 18.2 Å². The highest BCUT2D eigenvalue weighted by Crippen LogP contribution is 2.23. The van der Waals surface area contributed by atoms with Crippen molar-refractivity contribution in [3.05, 3.63) is 34.6 Å². The highest BCUT2D eigenvalue weighted by atomic mass is 35.5. The molecule has 0 bridgehead atoms. The van der Waals surface area contributed by atoms with Gasteiger partial charge in [-0.3, -0.25) is 0 Å². The molecule has 0 aromatic heterocycles. The fraction of sp³-hybridized carbons (Fsp3) is 0.455. The molecule has 0 amide bonds. The smallest absolute Gasteiger partial charge is 0.157 e. The van der Waals surface area contributed by atoms with Crippen molar-refractivity contribution in [2.75, 3.05) is 6.54 Å². The molecule has 1 aromatic carbocycles. The van der Waals surface area contributed by atoms with E-state index in [0.29, 0.717) is 13.0 Å². The summed E-state index contributed by atoms with van der Waals surface area (Å²) in [6.07, 6.45) is 0.384. The summed E-state index contributed by atoms with van der Waals surface area (Å²) in [5.41, 5.74) is 5.61. The molecular formula is C11H15ClFNO2S. The minimum absolute atomic E-state index is 0.129. The van der Waals surface area contributed by atoms with Crippen LogP contribution in [0.25, 0.3) is 0 Å². The van der Waals surface area contributed by atoms with E-state index in [1.54, 1.807) is 6.92 Å². The summed E-state index contributed by atoms with van der Waals surface area (Å²) in [6.45, 7) is 1.90. The van der Waals surface area contributed by atoms with Crippen molar-refractivity contribution in [3.63, 3.8) is 0 Å². The highest BCUT2D eigenvalue weighted by molar-refractivity contribution is 7.91. The standard InChI is InChI=1S/C11H15ClFNO2S/c1-8(5-6-14)17(15,16)7-9-3-2-4-10(13)11(9)12/h2-4,8H,5-7,14H2,1H3. The zero-order valence-corrected chi connectivity index (χ0v) is 11.1. The minimum atomic E-state index is -3.35. The Morgan fingerprint density at radius 3 is 2.71 bits per heavy atom. The number of hydrogen-bond donors (Lipinski definition) is 1. The first-order valence-corrected chi connectivity index (χ1v) is 7.32. The van der Waals surface area contributed by atoms with Crippen molar-refractivity contribution in [3.8, 4) is 0 Å². The van der Waals surface area contributed by atoms with Crippen LogP contribution in [-0.2, 0) is 15.6 Å². The van der Waals surface area contributed by atoms with Gasteiger partial charge in [-0.05, 0) is 31.5 Å². The molecule has 0 radical (unpaired) electrons. The predicted octanol–water partition coefficient (Wildman–Crippen LogP) is 2.13. The van der Waals surface area contributed by atoms with Gasteiger partial charge in [0.05, 0.1) is 16.0 Å². The molecule has 1 unspecified atom stereocenters. The van der Waals surface area contributed by atoms with Gasteiger partial charge in [0.2, 0.25) is 0 Å². The average Bonchev–Trinajstić information content (AvgIpc) is 2.25. The first kappa shape index (κ1) is 14.4. The van der Waals surface area contributed by atoms with E-state index in [-0.39, 0.29) is 16.3 Å². The van der Waals surface area contributed by atoms with Gasteiger partial charge in [-0.15, -0.1) is 0 Å². The van der Waals surface area contributed by atoms with Gasteiger partial charge in [0.25, 0.3) is 0 Å². The Balaban J connectivity index is 2.94. The molecule has 3 nitrogen and oxygen atoms in total. The van der Waals surface area contributed by atoms with Crippen LogP contribution in [0.3, 0.4) is 0 Å². The van der Waals surface area contributed by atoms with E-state index < -0.39 is 20.9 Å². The summed E-state index contributed by atoms with van der Waals surface area (Å²) in [5, 5.41) is -0.678. The molecule has 1 atom stereocenters. The van der Waals surface area contributed by atoms with Gasteiger partial charge in [0, 0.05) is 0 Å². The fourth-order valence-electron chi connectivity index (χ4n) is 1.43. The third-order valence-corrected chi connectivity index (χ3v) is 5.17. The van der Waals surface area contributed by atoms with Crippen LogP contribution in [0.1, 0.15) is 18.9 Å². The lowest BCUT2D eigenvalue weighted by Gasteiger charge is -2.12. The summed E-state index contributed by atoms with van der Waals surface area (Å²) in [5.74, 6) is -0.865. The van der Waals surface area contributed by atoms with E-state index in [1.165, 1.54) is 18.2 Å². The molecule has 0 saturated heterocycles. The van der Waals surface area contributed by atoms with Crippen LogP contribution >= 0.6 is 11.6 Å². The van der Waals surface area contributed by atoms with Crippen molar-refractivity contribution in [1.29, 1.82) is 0 Å². The normalized spacial score (nSPS) is 13.6. The molecule has 0 aliphatic heterocycles. The van der Waals surface area contributed by atoms with Gasteiger partial charge in [-0.1, -0.05) is 23.7 Å². The molecule has 1 rings (SSSR count). The largest absolute Gasteiger partial charge is 0.330 e. The van der Waals surface area contributed by atoms with E-state index in [4.69, 9.17) is 17.3 Å². The van der Waals surface area contributed by atoms with Crippen molar-refractivity contribution in [2.45, 2.75) is 24.3 Å². The van der Waals surface area contributed by atoms with Crippen LogP contribution in [0.4, 0.5) is 4.39 Å². The van der Waals surface area contributed by atoms with Gasteiger partial charge in [-0.25, -0.2) is 12.8 Å². The SMILES string of the molecule is CC(CCN)S(=O)(=O)Cc1cccc(F)c1Cl. The molecule has 96 valence electrons. The number of hydrogen-bond acceptors (Lipinski definition) is 3. The van der Waals surface area contributed by atoms with Crippen LogP contribution < -0.4 is 5.73 Å². The van der Waals surface area contributed by atoms with E-state index in [0.717, 1.165) is 0 Å². The molecule has 17 heavy (non-hydrogen) atoms. The van der Waals surface area contributed by atoms with Crippen LogP contribution in [-0.4, -0.2) is 20.2 Å². The van der Waals surface area contributed by atoms with E-state index in [9.17, 15) is 12.8 Å². The van der Waals surface area contributed by atoms with Gasteiger partial charge in [-0.2, -0.15) is 0 Å². The minimum Gasteiger partial charge on any atom is -0.330 e. The first-order chi connectivity index (χ1) is 7.88. The summed E-state index contributed by atoms with van der Waals surface area (Å²) < 4.78 is 37.0. The lowest BCUT2D eigenvalue weighted by atomic mass is 10.2. The van der Waals surface area contributed by atoms with E-state index in [2.05, 4.69) is 0 Å². The third-order valence-electron chi connectivity index (χ3n) is 2.57. The maximum atomic E-state index is 13.2. The average molecular weight is 280 g/mol. The van der Waals surface area contributed by atoms with Crippen LogP contribution in [0.5, 0.6) is 0 Å². The van der Waals surface area contributed by atoms with Gasteiger partial charge >= 0.3 is 0 Å². The monoisotopic (exact) mass is 279 g/mol. The topological polar surface area (TPSA) is 60.2 Å². The summed E-state index contributed by atoms with van der Waals surface area (Å²) in [4.78, 5) is 0. The maximum Gasteiger partial charge on any atom is 0.157 e. The van der Waals surface area contributed by atoms with Gasteiger partial charge < -0.3 is 5.73 Å². The molecule has 0 aliphatic carbocycles. The molecule has 2 N–H and O–H groups in total. The number of halogens is 2. The molecule has 0 saturated carbocycles. The van der Waals surface area contributed by atoms with Crippen LogP contribution in [0.2, 0.25) is 5.02 Å². The predicted molar refractivity (Wildman–Crippen MR) is 67.2 cm³/mol. The first-order valence-electron chi connectivity index (χ1n) is 5.23. The molecule has 0 heterocycles. The Labute approximate surface area is 106 Å². The number of nitrogens with two attached hydrogens (primary N) is 1. The quantitative estimate of drug-likeness (QED) is 0.898. The van der Waals surface area contributed by atoms with Crippen molar-refractivity contribution >= 4 is 21.4 Å². The summed E-state index contributed by atoms with van der Waals surface area (Å²) >= 11 is 5.72. The Hall–Kier alpha value is -0.650. The van der Waals surface area contributed by atoms with E-state index in [1.807, 2.05) is 0 Å². The zero-order chi connectivity index (χ0) is 13.1. The molecule has 1 aromatic rings. The highest BCUT2D eigenvalue weighted by Gasteiger charge is 2.22. The number of sulfone groups is 1. The Kier molecular flexibility index (Phi) is 4.91. The Bertz CT molecular complexity index is 490. The molecule has 0 fully saturated rings. The second-order valence-electron chi connectivity index (χ2n) is 3.91. The Morgan fingerprint density at radius 1 is 1.47 bits per heavy atom. The van der Waals surface area contributed by atoms with E-state index >= 15 is 0 Å². The lowest BCUT2D eigenvalue weighted by molar-refractivity contribution is 0.577. The fourth-order valence-corrected chi connectivity index (χ4v) is 3.16. The molecular weight excluding hydrogens is 265 g/mol. The molecule has 0 aliphatic rings. The van der Waals surface area contributed by atoms with Gasteiger partial charge in [0.1, 0.15) is 5.82 Å². The molecule has 6 heteroatoms. The molecule has 0 spiro atoms. The maximum absolute atomic E-state index is 13.2. The summed E-state index contributed by atoms with van der Waals surface area (Å²) in [6, 6.07) is 4.15. The second-order valence-corrected chi connectivity index (χ2v) is 6.71. The van der Waals surface area contributed by atoms with Gasteiger partial charge in [0.15, 0.2) is 9.84 Å². The number of benzene rings is 1. The third kappa shape index (κ3) is 3.66. The lowest BCUT2D eigenvalue weighted by Crippen LogP contribution is -2.23.